The monoisotopic (exact) mass is 294 g/mol. The fraction of sp³-hybridized carbons (Fsp3) is 0.316. The lowest BCUT2D eigenvalue weighted by atomic mass is 10.1. The van der Waals surface area contributed by atoms with Crippen molar-refractivity contribution in [3.8, 4) is 11.8 Å². The van der Waals surface area contributed by atoms with Gasteiger partial charge in [0.25, 0.3) is 0 Å². The SMILES string of the molecule is CCC(CC#N)NCc1ccc(OCc2ccccc2)cc1. The molecule has 0 spiro atoms. The number of benzene rings is 2. The van der Waals surface area contributed by atoms with Crippen molar-refractivity contribution in [2.45, 2.75) is 39.0 Å². The van der Waals surface area contributed by atoms with Crippen molar-refractivity contribution in [3.63, 3.8) is 0 Å². The summed E-state index contributed by atoms with van der Waals surface area (Å²) in [7, 11) is 0. The molecule has 22 heavy (non-hydrogen) atoms. The predicted octanol–water partition coefficient (Wildman–Crippen LogP) is 4.05. The molecule has 0 amide bonds. The lowest BCUT2D eigenvalue weighted by molar-refractivity contribution is 0.306. The summed E-state index contributed by atoms with van der Waals surface area (Å²) < 4.78 is 5.77. The minimum absolute atomic E-state index is 0.263. The molecule has 2 aromatic carbocycles. The number of rotatable bonds is 8. The van der Waals surface area contributed by atoms with Crippen LogP contribution < -0.4 is 10.1 Å². The molecule has 0 aliphatic rings. The highest BCUT2D eigenvalue weighted by Crippen LogP contribution is 2.14. The second-order valence-corrected chi connectivity index (χ2v) is 5.27. The van der Waals surface area contributed by atoms with Crippen LogP contribution >= 0.6 is 0 Å². The van der Waals surface area contributed by atoms with Crippen LogP contribution in [0.1, 0.15) is 30.9 Å². The van der Waals surface area contributed by atoms with Gasteiger partial charge < -0.3 is 10.1 Å². The van der Waals surface area contributed by atoms with Gasteiger partial charge in [0.2, 0.25) is 0 Å². The lowest BCUT2D eigenvalue weighted by Gasteiger charge is -2.13. The van der Waals surface area contributed by atoms with Crippen LogP contribution in [0.25, 0.3) is 0 Å². The Morgan fingerprint density at radius 2 is 1.77 bits per heavy atom. The Bertz CT molecular complexity index is 587. The Morgan fingerprint density at radius 1 is 1.05 bits per heavy atom. The van der Waals surface area contributed by atoms with E-state index in [1.54, 1.807) is 0 Å². The van der Waals surface area contributed by atoms with Gasteiger partial charge in [0.1, 0.15) is 12.4 Å². The summed E-state index contributed by atoms with van der Waals surface area (Å²) in [4.78, 5) is 0. The maximum absolute atomic E-state index is 8.75. The van der Waals surface area contributed by atoms with Gasteiger partial charge in [-0.3, -0.25) is 0 Å². The number of hydrogen-bond donors (Lipinski definition) is 1. The molecule has 2 rings (SSSR count). The Labute approximate surface area is 132 Å². The van der Waals surface area contributed by atoms with E-state index in [1.165, 1.54) is 5.56 Å². The topological polar surface area (TPSA) is 45.0 Å². The van der Waals surface area contributed by atoms with Crippen molar-refractivity contribution in [2.24, 2.45) is 0 Å². The third-order valence-corrected chi connectivity index (χ3v) is 3.60. The number of ether oxygens (including phenoxy) is 1. The van der Waals surface area contributed by atoms with E-state index >= 15 is 0 Å². The lowest BCUT2D eigenvalue weighted by Crippen LogP contribution is -2.27. The van der Waals surface area contributed by atoms with Gasteiger partial charge >= 0.3 is 0 Å². The van der Waals surface area contributed by atoms with Crippen LogP contribution in [-0.4, -0.2) is 6.04 Å². The highest BCUT2D eigenvalue weighted by molar-refractivity contribution is 5.27. The average molecular weight is 294 g/mol. The summed E-state index contributed by atoms with van der Waals surface area (Å²) in [5, 5.41) is 12.1. The summed E-state index contributed by atoms with van der Waals surface area (Å²) in [6.07, 6.45) is 1.51. The Kier molecular flexibility index (Phi) is 6.47. The maximum Gasteiger partial charge on any atom is 0.119 e. The number of nitriles is 1. The third-order valence-electron chi connectivity index (χ3n) is 3.60. The zero-order valence-electron chi connectivity index (χ0n) is 13.0. The van der Waals surface area contributed by atoms with E-state index in [-0.39, 0.29) is 6.04 Å². The van der Waals surface area contributed by atoms with Crippen molar-refractivity contribution >= 4 is 0 Å². The second-order valence-electron chi connectivity index (χ2n) is 5.27. The minimum Gasteiger partial charge on any atom is -0.489 e. The van der Waals surface area contributed by atoms with Gasteiger partial charge in [0, 0.05) is 12.6 Å². The maximum atomic E-state index is 8.75. The summed E-state index contributed by atoms with van der Waals surface area (Å²) >= 11 is 0. The van der Waals surface area contributed by atoms with Crippen LogP contribution in [0, 0.1) is 11.3 Å². The first-order chi connectivity index (χ1) is 10.8. The molecule has 0 aliphatic heterocycles. The van der Waals surface area contributed by atoms with E-state index < -0.39 is 0 Å². The molecule has 3 nitrogen and oxygen atoms in total. The van der Waals surface area contributed by atoms with Crippen molar-refractivity contribution < 1.29 is 4.74 Å². The van der Waals surface area contributed by atoms with Crippen molar-refractivity contribution in [2.75, 3.05) is 0 Å². The molecular formula is C19H22N2O. The number of nitrogens with zero attached hydrogens (tertiary/aromatic N) is 1. The normalized spacial score (nSPS) is 11.6. The molecular weight excluding hydrogens is 272 g/mol. The molecule has 0 fully saturated rings. The minimum atomic E-state index is 0.263. The summed E-state index contributed by atoms with van der Waals surface area (Å²) in [5.41, 5.74) is 2.36. The molecule has 1 atom stereocenters. The zero-order chi connectivity index (χ0) is 15.6. The number of nitrogens with one attached hydrogen (secondary N) is 1. The van der Waals surface area contributed by atoms with E-state index in [0.717, 1.165) is 24.3 Å². The van der Waals surface area contributed by atoms with Gasteiger partial charge in [-0.05, 0) is 29.7 Å². The number of hydrogen-bond acceptors (Lipinski definition) is 3. The standard InChI is InChI=1S/C19H22N2O/c1-2-18(12-13-20)21-14-16-8-10-19(11-9-16)22-15-17-6-4-3-5-7-17/h3-11,18,21H,2,12,14-15H2,1H3. The van der Waals surface area contributed by atoms with Crippen LogP contribution in [0.5, 0.6) is 5.75 Å². The van der Waals surface area contributed by atoms with Crippen LogP contribution in [0.2, 0.25) is 0 Å². The molecule has 0 aliphatic carbocycles. The smallest absolute Gasteiger partial charge is 0.119 e. The highest BCUT2D eigenvalue weighted by Gasteiger charge is 2.04. The third kappa shape index (κ3) is 5.23. The summed E-state index contributed by atoms with van der Waals surface area (Å²) in [6, 6.07) is 20.7. The second kappa shape index (κ2) is 8.86. The Hall–Kier alpha value is -2.31. The first kappa shape index (κ1) is 16.1. The average Bonchev–Trinajstić information content (AvgIpc) is 2.58. The van der Waals surface area contributed by atoms with Gasteiger partial charge in [0.05, 0.1) is 12.5 Å². The molecule has 0 heterocycles. The van der Waals surface area contributed by atoms with Crippen LogP contribution in [0.3, 0.4) is 0 Å². The predicted molar refractivity (Wildman–Crippen MR) is 88.4 cm³/mol. The quantitative estimate of drug-likeness (QED) is 0.799. The van der Waals surface area contributed by atoms with E-state index in [1.807, 2.05) is 30.3 Å². The first-order valence-electron chi connectivity index (χ1n) is 7.67. The zero-order valence-corrected chi connectivity index (χ0v) is 13.0. The molecule has 0 bridgehead atoms. The van der Waals surface area contributed by atoms with Gasteiger partial charge in [-0.1, -0.05) is 49.4 Å². The largest absolute Gasteiger partial charge is 0.489 e. The molecule has 2 aromatic rings. The van der Waals surface area contributed by atoms with Crippen molar-refractivity contribution in [1.82, 2.24) is 5.32 Å². The van der Waals surface area contributed by atoms with Gasteiger partial charge in [-0.15, -0.1) is 0 Å². The molecule has 0 saturated carbocycles. The van der Waals surface area contributed by atoms with E-state index in [0.29, 0.717) is 13.0 Å². The van der Waals surface area contributed by atoms with E-state index in [4.69, 9.17) is 10.00 Å². The fourth-order valence-electron chi connectivity index (χ4n) is 2.18. The van der Waals surface area contributed by atoms with E-state index in [2.05, 4.69) is 42.6 Å². The van der Waals surface area contributed by atoms with Crippen LogP contribution in [0.4, 0.5) is 0 Å². The first-order valence-corrected chi connectivity index (χ1v) is 7.67. The van der Waals surface area contributed by atoms with Gasteiger partial charge in [-0.25, -0.2) is 0 Å². The summed E-state index contributed by atoms with van der Waals surface area (Å²) in [6.45, 7) is 3.45. The Balaban J connectivity index is 1.81. The Morgan fingerprint density at radius 3 is 2.41 bits per heavy atom. The molecule has 1 N–H and O–H groups in total. The molecule has 1 unspecified atom stereocenters. The molecule has 0 radical (unpaired) electrons. The van der Waals surface area contributed by atoms with Crippen LogP contribution in [0.15, 0.2) is 54.6 Å². The molecule has 0 aromatic heterocycles. The molecule has 3 heteroatoms. The highest BCUT2D eigenvalue weighted by atomic mass is 16.5. The van der Waals surface area contributed by atoms with E-state index in [9.17, 15) is 0 Å². The molecule has 0 saturated heterocycles. The van der Waals surface area contributed by atoms with Crippen LogP contribution in [-0.2, 0) is 13.2 Å². The van der Waals surface area contributed by atoms with Crippen molar-refractivity contribution in [3.05, 3.63) is 65.7 Å². The van der Waals surface area contributed by atoms with Gasteiger partial charge in [-0.2, -0.15) is 5.26 Å². The summed E-state index contributed by atoms with van der Waals surface area (Å²) in [5.74, 6) is 0.872. The molecule has 114 valence electrons. The fourth-order valence-corrected chi connectivity index (χ4v) is 2.18. The van der Waals surface area contributed by atoms with Gasteiger partial charge in [0.15, 0.2) is 0 Å². The van der Waals surface area contributed by atoms with Crippen molar-refractivity contribution in [1.29, 1.82) is 5.26 Å².